The zero-order chi connectivity index (χ0) is 14.0. The molecule has 2 aromatic rings. The standard InChI is InChI=1S/C11H12Cl2N4OS/c1-3-17-7(9(12)16-10(17)13)5-19-11-14-6(2)4-8(18)15-11/h4H,3,5H2,1-2H3,(H,14,15,18). The van der Waals surface area contributed by atoms with E-state index in [1.165, 1.54) is 17.8 Å². The monoisotopic (exact) mass is 318 g/mol. The smallest absolute Gasteiger partial charge is 0.215 e. The molecule has 5 nitrogen and oxygen atoms in total. The minimum absolute atomic E-state index is 0.0388. The minimum atomic E-state index is -0.0388. The summed E-state index contributed by atoms with van der Waals surface area (Å²) >= 11 is 13.4. The van der Waals surface area contributed by atoms with Crippen LogP contribution < -0.4 is 0 Å². The van der Waals surface area contributed by atoms with Crippen molar-refractivity contribution in [1.82, 2.24) is 19.5 Å². The van der Waals surface area contributed by atoms with Crippen molar-refractivity contribution in [2.24, 2.45) is 0 Å². The molecule has 0 unspecified atom stereocenters. The molecule has 0 bridgehead atoms. The molecule has 0 aliphatic rings. The largest absolute Gasteiger partial charge is 0.493 e. The molecule has 0 atom stereocenters. The molecule has 102 valence electrons. The van der Waals surface area contributed by atoms with Crippen LogP contribution in [0.1, 0.15) is 18.3 Å². The SMILES string of the molecule is CCn1c(Cl)nc(Cl)c1CSc1nc(C)cc(O)n1. The Morgan fingerprint density at radius 2 is 2.05 bits per heavy atom. The van der Waals surface area contributed by atoms with Gasteiger partial charge in [-0.25, -0.2) is 9.97 Å². The molecule has 19 heavy (non-hydrogen) atoms. The van der Waals surface area contributed by atoms with Crippen molar-refractivity contribution in [3.05, 3.63) is 27.9 Å². The molecule has 2 heterocycles. The Hall–Kier alpha value is -0.980. The zero-order valence-electron chi connectivity index (χ0n) is 10.4. The Morgan fingerprint density at radius 1 is 1.32 bits per heavy atom. The number of halogens is 2. The molecule has 0 saturated carbocycles. The number of hydrogen-bond donors (Lipinski definition) is 1. The van der Waals surface area contributed by atoms with Crippen molar-refractivity contribution >= 4 is 35.0 Å². The average Bonchev–Trinajstić information content (AvgIpc) is 2.59. The van der Waals surface area contributed by atoms with Gasteiger partial charge in [-0.2, -0.15) is 4.98 Å². The molecule has 0 amide bonds. The number of nitrogens with zero attached hydrogens (tertiary/aromatic N) is 4. The Balaban J connectivity index is 2.18. The second-order valence-corrected chi connectivity index (χ2v) is 5.44. The average molecular weight is 319 g/mol. The molecule has 0 aliphatic heterocycles. The third kappa shape index (κ3) is 3.32. The van der Waals surface area contributed by atoms with Gasteiger partial charge in [-0.15, -0.1) is 0 Å². The highest BCUT2D eigenvalue weighted by atomic mass is 35.5. The lowest BCUT2D eigenvalue weighted by Crippen LogP contribution is -2.00. The summed E-state index contributed by atoms with van der Waals surface area (Å²) in [4.78, 5) is 12.2. The molecule has 1 N–H and O–H groups in total. The summed E-state index contributed by atoms with van der Waals surface area (Å²) in [6.07, 6.45) is 0. The number of thioether (sulfide) groups is 1. The second kappa shape index (κ2) is 5.98. The van der Waals surface area contributed by atoms with Gasteiger partial charge in [0.15, 0.2) is 10.3 Å². The van der Waals surface area contributed by atoms with E-state index in [2.05, 4.69) is 15.0 Å². The fraction of sp³-hybridized carbons (Fsp3) is 0.364. The maximum atomic E-state index is 9.42. The summed E-state index contributed by atoms with van der Waals surface area (Å²) in [7, 11) is 0. The number of aryl methyl sites for hydroxylation is 1. The summed E-state index contributed by atoms with van der Waals surface area (Å²) < 4.78 is 1.83. The lowest BCUT2D eigenvalue weighted by Gasteiger charge is -2.06. The van der Waals surface area contributed by atoms with Gasteiger partial charge < -0.3 is 9.67 Å². The summed E-state index contributed by atoms with van der Waals surface area (Å²) in [5.74, 6) is 0.498. The maximum absolute atomic E-state index is 9.42. The van der Waals surface area contributed by atoms with E-state index < -0.39 is 0 Å². The number of imidazole rings is 1. The number of aromatic nitrogens is 4. The van der Waals surface area contributed by atoms with Crippen LogP contribution in [0.4, 0.5) is 0 Å². The minimum Gasteiger partial charge on any atom is -0.493 e. The van der Waals surface area contributed by atoms with Crippen LogP contribution in [0.25, 0.3) is 0 Å². The lowest BCUT2D eigenvalue weighted by molar-refractivity contribution is 0.444. The summed E-state index contributed by atoms with van der Waals surface area (Å²) in [5, 5.41) is 10.7. The first-order valence-corrected chi connectivity index (χ1v) is 7.33. The molecular formula is C11H12Cl2N4OS. The Kier molecular flexibility index (Phi) is 4.54. The first-order valence-electron chi connectivity index (χ1n) is 5.59. The van der Waals surface area contributed by atoms with Crippen molar-refractivity contribution in [2.75, 3.05) is 0 Å². The number of aromatic hydroxyl groups is 1. The van der Waals surface area contributed by atoms with E-state index in [0.717, 1.165) is 5.69 Å². The summed E-state index contributed by atoms with van der Waals surface area (Å²) in [6, 6.07) is 1.50. The highest BCUT2D eigenvalue weighted by Gasteiger charge is 2.14. The molecule has 0 aromatic carbocycles. The topological polar surface area (TPSA) is 63.8 Å². The summed E-state index contributed by atoms with van der Waals surface area (Å²) in [6.45, 7) is 4.45. The van der Waals surface area contributed by atoms with Crippen LogP contribution in [0.15, 0.2) is 11.2 Å². The normalized spacial score (nSPS) is 10.9. The van der Waals surface area contributed by atoms with Crippen LogP contribution in [0.3, 0.4) is 0 Å². The van der Waals surface area contributed by atoms with Crippen molar-refractivity contribution in [3.8, 4) is 5.88 Å². The molecule has 8 heteroatoms. The van der Waals surface area contributed by atoms with Gasteiger partial charge in [0.2, 0.25) is 11.2 Å². The molecule has 0 saturated heterocycles. The van der Waals surface area contributed by atoms with Crippen molar-refractivity contribution in [3.63, 3.8) is 0 Å². The fourth-order valence-electron chi connectivity index (χ4n) is 1.61. The third-order valence-electron chi connectivity index (χ3n) is 2.45. The predicted octanol–water partition coefficient (Wildman–Crippen LogP) is 3.31. The molecule has 2 aromatic heterocycles. The Morgan fingerprint density at radius 3 is 2.68 bits per heavy atom. The van der Waals surface area contributed by atoms with E-state index in [1.807, 2.05) is 11.5 Å². The van der Waals surface area contributed by atoms with Crippen molar-refractivity contribution in [2.45, 2.75) is 31.3 Å². The number of hydrogen-bond acceptors (Lipinski definition) is 5. The van der Waals surface area contributed by atoms with E-state index in [-0.39, 0.29) is 5.88 Å². The van der Waals surface area contributed by atoms with Gasteiger partial charge in [0.1, 0.15) is 0 Å². The molecule has 0 radical (unpaired) electrons. The quantitative estimate of drug-likeness (QED) is 0.692. The van der Waals surface area contributed by atoms with E-state index in [9.17, 15) is 5.11 Å². The van der Waals surface area contributed by atoms with Crippen LogP contribution in [0, 0.1) is 6.92 Å². The summed E-state index contributed by atoms with van der Waals surface area (Å²) in [5.41, 5.74) is 1.53. The number of rotatable bonds is 4. The van der Waals surface area contributed by atoms with Crippen LogP contribution in [-0.4, -0.2) is 24.6 Å². The van der Waals surface area contributed by atoms with Gasteiger partial charge in [-0.1, -0.05) is 23.4 Å². The van der Waals surface area contributed by atoms with Gasteiger partial charge >= 0.3 is 0 Å². The lowest BCUT2D eigenvalue weighted by atomic mass is 10.4. The predicted molar refractivity (Wildman–Crippen MR) is 75.9 cm³/mol. The second-order valence-electron chi connectivity index (χ2n) is 3.80. The third-order valence-corrected chi connectivity index (χ3v) is 3.90. The first-order chi connectivity index (χ1) is 9.01. The van der Waals surface area contributed by atoms with Gasteiger partial charge in [0, 0.05) is 24.1 Å². The Bertz CT molecular complexity index is 582. The maximum Gasteiger partial charge on any atom is 0.215 e. The highest BCUT2D eigenvalue weighted by molar-refractivity contribution is 7.98. The van der Waals surface area contributed by atoms with Crippen LogP contribution in [0.5, 0.6) is 5.88 Å². The molecule has 0 spiro atoms. The van der Waals surface area contributed by atoms with E-state index in [0.29, 0.717) is 33.6 Å². The first kappa shape index (κ1) is 14.4. The van der Waals surface area contributed by atoms with Crippen LogP contribution in [0.2, 0.25) is 10.4 Å². The van der Waals surface area contributed by atoms with Gasteiger partial charge in [0.05, 0.1) is 5.69 Å². The Labute approximate surface area is 125 Å². The van der Waals surface area contributed by atoms with Crippen LogP contribution in [-0.2, 0) is 12.3 Å². The highest BCUT2D eigenvalue weighted by Crippen LogP contribution is 2.28. The van der Waals surface area contributed by atoms with Crippen LogP contribution >= 0.6 is 35.0 Å². The molecule has 0 fully saturated rings. The van der Waals surface area contributed by atoms with Crippen molar-refractivity contribution in [1.29, 1.82) is 0 Å². The zero-order valence-corrected chi connectivity index (χ0v) is 12.7. The van der Waals surface area contributed by atoms with Gasteiger partial charge in [-0.05, 0) is 25.4 Å². The fourth-order valence-corrected chi connectivity index (χ4v) is 3.21. The molecule has 0 aliphatic carbocycles. The van der Waals surface area contributed by atoms with E-state index in [1.54, 1.807) is 6.92 Å². The van der Waals surface area contributed by atoms with Crippen molar-refractivity contribution < 1.29 is 5.11 Å². The van der Waals surface area contributed by atoms with E-state index >= 15 is 0 Å². The molecule has 2 rings (SSSR count). The molecular weight excluding hydrogens is 307 g/mol. The van der Waals surface area contributed by atoms with Gasteiger partial charge in [0.25, 0.3) is 0 Å². The van der Waals surface area contributed by atoms with E-state index in [4.69, 9.17) is 23.2 Å². The van der Waals surface area contributed by atoms with Gasteiger partial charge in [-0.3, -0.25) is 0 Å².